The summed E-state index contributed by atoms with van der Waals surface area (Å²) in [5, 5.41) is 13.9. The Labute approximate surface area is 99.4 Å². The molecule has 86 valence electrons. The third kappa shape index (κ3) is 2.28. The SMILES string of the molecule is C=C(C)C(=O)Nc1cccc2cc(O)ccc12. The Bertz CT molecular complexity index is 602. The molecule has 0 aromatic heterocycles. The molecule has 2 rings (SSSR count). The standard InChI is InChI=1S/C14H13NO2/c1-9(2)14(17)15-13-5-3-4-10-8-11(16)6-7-12(10)13/h3-8,16H,1H2,2H3,(H,15,17). The van der Waals surface area contributed by atoms with Gasteiger partial charge in [0.15, 0.2) is 0 Å². The second-order valence-corrected chi connectivity index (χ2v) is 3.95. The minimum atomic E-state index is -0.203. The number of fused-ring (bicyclic) bond motifs is 1. The van der Waals surface area contributed by atoms with E-state index in [0.29, 0.717) is 5.57 Å². The molecular weight excluding hydrogens is 214 g/mol. The maximum absolute atomic E-state index is 11.6. The third-order valence-corrected chi connectivity index (χ3v) is 2.50. The van der Waals surface area contributed by atoms with Crippen LogP contribution in [0, 0.1) is 0 Å². The Morgan fingerprint density at radius 3 is 2.76 bits per heavy atom. The van der Waals surface area contributed by atoms with Crippen molar-refractivity contribution < 1.29 is 9.90 Å². The molecule has 0 unspecified atom stereocenters. The number of carbonyl (C=O) groups is 1. The van der Waals surface area contributed by atoms with E-state index in [1.165, 1.54) is 0 Å². The summed E-state index contributed by atoms with van der Waals surface area (Å²) in [6.07, 6.45) is 0. The molecule has 0 heterocycles. The number of phenols is 1. The number of nitrogens with one attached hydrogen (secondary N) is 1. The third-order valence-electron chi connectivity index (χ3n) is 2.50. The number of aromatic hydroxyl groups is 1. The second-order valence-electron chi connectivity index (χ2n) is 3.95. The van der Waals surface area contributed by atoms with Gasteiger partial charge in [0.2, 0.25) is 0 Å². The molecule has 0 fully saturated rings. The van der Waals surface area contributed by atoms with Gasteiger partial charge in [0.25, 0.3) is 5.91 Å². The van der Waals surface area contributed by atoms with Gasteiger partial charge in [0.05, 0.1) is 0 Å². The van der Waals surface area contributed by atoms with E-state index in [2.05, 4.69) is 11.9 Å². The van der Waals surface area contributed by atoms with Crippen molar-refractivity contribution >= 4 is 22.4 Å². The van der Waals surface area contributed by atoms with Crippen LogP contribution < -0.4 is 5.32 Å². The van der Waals surface area contributed by atoms with E-state index in [1.807, 2.05) is 18.2 Å². The van der Waals surface area contributed by atoms with Crippen molar-refractivity contribution in [2.45, 2.75) is 6.92 Å². The van der Waals surface area contributed by atoms with Crippen LogP contribution in [0.15, 0.2) is 48.6 Å². The average molecular weight is 227 g/mol. The van der Waals surface area contributed by atoms with Gasteiger partial charge < -0.3 is 10.4 Å². The van der Waals surface area contributed by atoms with E-state index in [-0.39, 0.29) is 11.7 Å². The average Bonchev–Trinajstić information content (AvgIpc) is 2.28. The number of benzene rings is 2. The Hall–Kier alpha value is -2.29. The van der Waals surface area contributed by atoms with Gasteiger partial charge in [0, 0.05) is 16.6 Å². The molecule has 17 heavy (non-hydrogen) atoms. The van der Waals surface area contributed by atoms with E-state index < -0.39 is 0 Å². The summed E-state index contributed by atoms with van der Waals surface area (Å²) in [5.74, 6) is 0.00597. The highest BCUT2D eigenvalue weighted by Gasteiger charge is 2.06. The molecule has 3 heteroatoms. The number of carbonyl (C=O) groups excluding carboxylic acids is 1. The topological polar surface area (TPSA) is 49.3 Å². The summed E-state index contributed by atoms with van der Waals surface area (Å²) in [5.41, 5.74) is 1.18. The van der Waals surface area contributed by atoms with Crippen LogP contribution in [0.1, 0.15) is 6.92 Å². The summed E-state index contributed by atoms with van der Waals surface area (Å²) < 4.78 is 0. The smallest absolute Gasteiger partial charge is 0.250 e. The summed E-state index contributed by atoms with van der Waals surface area (Å²) >= 11 is 0. The first-order valence-electron chi connectivity index (χ1n) is 5.26. The number of rotatable bonds is 2. The second kappa shape index (κ2) is 4.29. The van der Waals surface area contributed by atoms with Crippen LogP contribution in [0.4, 0.5) is 5.69 Å². The fourth-order valence-corrected chi connectivity index (χ4v) is 1.61. The lowest BCUT2D eigenvalue weighted by Gasteiger charge is -2.08. The van der Waals surface area contributed by atoms with Crippen molar-refractivity contribution in [3.8, 4) is 5.75 Å². The first kappa shape index (κ1) is 11.2. The van der Waals surface area contributed by atoms with Crippen LogP contribution in [0.5, 0.6) is 5.75 Å². The summed E-state index contributed by atoms with van der Waals surface area (Å²) in [4.78, 5) is 11.6. The highest BCUT2D eigenvalue weighted by atomic mass is 16.3. The minimum absolute atomic E-state index is 0.203. The highest BCUT2D eigenvalue weighted by molar-refractivity contribution is 6.08. The van der Waals surface area contributed by atoms with Gasteiger partial charge in [-0.05, 0) is 36.6 Å². The van der Waals surface area contributed by atoms with Crippen molar-refractivity contribution in [1.82, 2.24) is 0 Å². The molecule has 0 aliphatic carbocycles. The predicted molar refractivity (Wildman–Crippen MR) is 69.1 cm³/mol. The Balaban J connectivity index is 2.48. The molecule has 1 amide bonds. The number of anilines is 1. The van der Waals surface area contributed by atoms with Crippen LogP contribution in [0.25, 0.3) is 10.8 Å². The van der Waals surface area contributed by atoms with Crippen molar-refractivity contribution in [1.29, 1.82) is 0 Å². The first-order chi connectivity index (χ1) is 8.08. The van der Waals surface area contributed by atoms with E-state index in [1.54, 1.807) is 25.1 Å². The molecule has 0 spiro atoms. The molecular formula is C14H13NO2. The molecule has 2 aromatic carbocycles. The maximum Gasteiger partial charge on any atom is 0.250 e. The fourth-order valence-electron chi connectivity index (χ4n) is 1.61. The Kier molecular flexibility index (Phi) is 2.83. The van der Waals surface area contributed by atoms with Crippen molar-refractivity contribution in [2.24, 2.45) is 0 Å². The number of phenolic OH excluding ortho intramolecular Hbond substituents is 1. The Morgan fingerprint density at radius 2 is 2.06 bits per heavy atom. The number of amides is 1. The molecule has 0 bridgehead atoms. The van der Waals surface area contributed by atoms with Gasteiger partial charge in [-0.2, -0.15) is 0 Å². The molecule has 3 nitrogen and oxygen atoms in total. The molecule has 0 aliphatic heterocycles. The molecule has 2 aromatic rings. The number of hydrogen-bond acceptors (Lipinski definition) is 2. The van der Waals surface area contributed by atoms with E-state index in [0.717, 1.165) is 16.5 Å². The van der Waals surface area contributed by atoms with Crippen LogP contribution in [-0.4, -0.2) is 11.0 Å². The van der Waals surface area contributed by atoms with Crippen molar-refractivity contribution in [3.05, 3.63) is 48.6 Å². The van der Waals surface area contributed by atoms with Gasteiger partial charge in [-0.15, -0.1) is 0 Å². The molecule has 0 aliphatic rings. The largest absolute Gasteiger partial charge is 0.508 e. The molecule has 0 radical (unpaired) electrons. The lowest BCUT2D eigenvalue weighted by molar-refractivity contribution is -0.112. The highest BCUT2D eigenvalue weighted by Crippen LogP contribution is 2.26. The predicted octanol–water partition coefficient (Wildman–Crippen LogP) is 3.06. The quantitative estimate of drug-likeness (QED) is 0.774. The van der Waals surface area contributed by atoms with E-state index in [4.69, 9.17) is 0 Å². The maximum atomic E-state index is 11.6. The molecule has 0 saturated heterocycles. The van der Waals surface area contributed by atoms with Crippen molar-refractivity contribution in [2.75, 3.05) is 5.32 Å². The summed E-state index contributed by atoms with van der Waals surface area (Å²) in [6.45, 7) is 5.25. The van der Waals surface area contributed by atoms with Gasteiger partial charge in [-0.3, -0.25) is 4.79 Å². The monoisotopic (exact) mass is 227 g/mol. The number of hydrogen-bond donors (Lipinski definition) is 2. The van der Waals surface area contributed by atoms with Crippen LogP contribution in [0.2, 0.25) is 0 Å². The summed E-state index contributed by atoms with van der Waals surface area (Å²) in [7, 11) is 0. The van der Waals surface area contributed by atoms with E-state index >= 15 is 0 Å². The zero-order valence-corrected chi connectivity index (χ0v) is 9.53. The lowest BCUT2D eigenvalue weighted by atomic mass is 10.1. The zero-order valence-electron chi connectivity index (χ0n) is 9.53. The molecule has 0 atom stereocenters. The molecule has 0 saturated carbocycles. The molecule has 2 N–H and O–H groups in total. The van der Waals surface area contributed by atoms with E-state index in [9.17, 15) is 9.90 Å². The summed E-state index contributed by atoms with van der Waals surface area (Å²) in [6, 6.07) is 10.6. The van der Waals surface area contributed by atoms with Crippen LogP contribution in [0.3, 0.4) is 0 Å². The lowest BCUT2D eigenvalue weighted by Crippen LogP contribution is -2.11. The van der Waals surface area contributed by atoms with Crippen molar-refractivity contribution in [3.63, 3.8) is 0 Å². The van der Waals surface area contributed by atoms with Gasteiger partial charge >= 0.3 is 0 Å². The van der Waals surface area contributed by atoms with Crippen LogP contribution in [-0.2, 0) is 4.79 Å². The minimum Gasteiger partial charge on any atom is -0.508 e. The van der Waals surface area contributed by atoms with Crippen LogP contribution >= 0.6 is 0 Å². The van der Waals surface area contributed by atoms with Gasteiger partial charge in [-0.1, -0.05) is 18.7 Å². The normalized spacial score (nSPS) is 10.2. The zero-order chi connectivity index (χ0) is 12.4. The Morgan fingerprint density at radius 1 is 1.29 bits per heavy atom. The van der Waals surface area contributed by atoms with Gasteiger partial charge in [0.1, 0.15) is 5.75 Å². The fraction of sp³-hybridized carbons (Fsp3) is 0.0714. The van der Waals surface area contributed by atoms with Gasteiger partial charge in [-0.25, -0.2) is 0 Å². The first-order valence-corrected chi connectivity index (χ1v) is 5.26.